The second kappa shape index (κ2) is 7.91. The molecule has 0 spiro atoms. The standard InChI is InChI=1S/C23H31NOSi/c1-5-21-22(17-12-18-24-21)25-26(23(2,3)4,19-13-8-6-9-14-19)20-15-10-7-11-16-20/h5-11,13-16,21-22,24H,1,12,17-18H2,2-4H3/t21-,22+/m1/s1. The molecule has 2 atom stereocenters. The lowest BCUT2D eigenvalue weighted by atomic mass is 10.0. The highest BCUT2D eigenvalue weighted by molar-refractivity contribution is 6.99. The summed E-state index contributed by atoms with van der Waals surface area (Å²) in [5.41, 5.74) is 0. The van der Waals surface area contributed by atoms with Crippen molar-refractivity contribution in [3.8, 4) is 0 Å². The van der Waals surface area contributed by atoms with Gasteiger partial charge in [0.2, 0.25) is 0 Å². The first-order valence-corrected chi connectivity index (χ1v) is 11.5. The quantitative estimate of drug-likeness (QED) is 0.641. The smallest absolute Gasteiger partial charge is 0.261 e. The Balaban J connectivity index is 2.16. The first-order valence-electron chi connectivity index (χ1n) is 9.64. The van der Waals surface area contributed by atoms with Crippen molar-refractivity contribution in [3.63, 3.8) is 0 Å². The zero-order valence-electron chi connectivity index (χ0n) is 16.2. The van der Waals surface area contributed by atoms with Crippen molar-refractivity contribution in [2.24, 2.45) is 0 Å². The second-order valence-electron chi connectivity index (χ2n) is 8.18. The minimum absolute atomic E-state index is 0.0128. The van der Waals surface area contributed by atoms with E-state index in [-0.39, 0.29) is 17.2 Å². The van der Waals surface area contributed by atoms with Gasteiger partial charge in [-0.05, 0) is 34.8 Å². The van der Waals surface area contributed by atoms with Gasteiger partial charge in [-0.25, -0.2) is 0 Å². The fourth-order valence-electron chi connectivity index (χ4n) is 4.17. The third-order valence-electron chi connectivity index (χ3n) is 5.44. The zero-order chi connectivity index (χ0) is 18.6. The van der Waals surface area contributed by atoms with Gasteiger partial charge in [0.05, 0.1) is 12.1 Å². The number of rotatable bonds is 5. The molecule has 1 aliphatic heterocycles. The summed E-state index contributed by atoms with van der Waals surface area (Å²) in [6, 6.07) is 22.0. The van der Waals surface area contributed by atoms with Crippen LogP contribution in [0.1, 0.15) is 33.6 Å². The summed E-state index contributed by atoms with van der Waals surface area (Å²) < 4.78 is 7.22. The zero-order valence-corrected chi connectivity index (χ0v) is 17.2. The van der Waals surface area contributed by atoms with Gasteiger partial charge in [-0.1, -0.05) is 87.5 Å². The summed E-state index contributed by atoms with van der Waals surface area (Å²) in [6.45, 7) is 12.1. The average Bonchev–Trinajstić information content (AvgIpc) is 2.67. The Bertz CT molecular complexity index is 668. The van der Waals surface area contributed by atoms with Crippen molar-refractivity contribution in [2.45, 2.75) is 50.8 Å². The van der Waals surface area contributed by atoms with Gasteiger partial charge >= 0.3 is 0 Å². The van der Waals surface area contributed by atoms with Crippen molar-refractivity contribution in [1.82, 2.24) is 5.32 Å². The molecule has 1 N–H and O–H groups in total. The van der Waals surface area contributed by atoms with E-state index in [0.717, 1.165) is 19.4 Å². The summed E-state index contributed by atoms with van der Waals surface area (Å²) in [6.07, 6.45) is 4.40. The predicted octanol–water partition coefficient (Wildman–Crippen LogP) is 3.87. The van der Waals surface area contributed by atoms with Crippen molar-refractivity contribution < 1.29 is 4.43 Å². The van der Waals surface area contributed by atoms with Gasteiger partial charge < -0.3 is 9.74 Å². The summed E-state index contributed by atoms with van der Waals surface area (Å²) >= 11 is 0. The molecule has 0 radical (unpaired) electrons. The molecule has 2 aromatic rings. The van der Waals surface area contributed by atoms with Gasteiger partial charge in [0, 0.05) is 0 Å². The third-order valence-corrected chi connectivity index (χ3v) is 10.5. The van der Waals surface area contributed by atoms with Gasteiger partial charge in [-0.2, -0.15) is 0 Å². The van der Waals surface area contributed by atoms with Gasteiger partial charge in [0.25, 0.3) is 8.32 Å². The molecular formula is C23H31NOSi. The number of hydrogen-bond acceptors (Lipinski definition) is 2. The van der Waals surface area contributed by atoms with Gasteiger partial charge in [0.1, 0.15) is 0 Å². The van der Waals surface area contributed by atoms with Crippen LogP contribution in [0.15, 0.2) is 73.3 Å². The van der Waals surface area contributed by atoms with E-state index in [2.05, 4.69) is 93.3 Å². The Hall–Kier alpha value is -1.68. The molecule has 0 saturated carbocycles. The van der Waals surface area contributed by atoms with Crippen molar-refractivity contribution in [3.05, 3.63) is 73.3 Å². The fraction of sp³-hybridized carbons (Fsp3) is 0.391. The molecule has 1 saturated heterocycles. The van der Waals surface area contributed by atoms with Gasteiger partial charge in [-0.3, -0.25) is 0 Å². The van der Waals surface area contributed by atoms with Gasteiger partial charge in [0.15, 0.2) is 0 Å². The third kappa shape index (κ3) is 3.57. The largest absolute Gasteiger partial charge is 0.403 e. The Kier molecular flexibility index (Phi) is 5.81. The summed E-state index contributed by atoms with van der Waals surface area (Å²) in [5.74, 6) is 0. The van der Waals surface area contributed by atoms with E-state index < -0.39 is 8.32 Å². The van der Waals surface area contributed by atoms with Crippen LogP contribution in [0.3, 0.4) is 0 Å². The molecule has 26 heavy (non-hydrogen) atoms. The number of benzene rings is 2. The first-order chi connectivity index (χ1) is 12.5. The topological polar surface area (TPSA) is 21.3 Å². The van der Waals surface area contributed by atoms with Crippen LogP contribution in [0, 0.1) is 0 Å². The van der Waals surface area contributed by atoms with E-state index in [9.17, 15) is 0 Å². The summed E-state index contributed by atoms with van der Waals surface area (Å²) in [4.78, 5) is 0. The van der Waals surface area contributed by atoms with E-state index >= 15 is 0 Å². The molecule has 0 amide bonds. The highest BCUT2D eigenvalue weighted by Gasteiger charge is 2.52. The Morgan fingerprint density at radius 2 is 1.54 bits per heavy atom. The van der Waals surface area contributed by atoms with Crippen molar-refractivity contribution >= 4 is 18.7 Å². The highest BCUT2D eigenvalue weighted by Crippen LogP contribution is 2.38. The maximum absolute atomic E-state index is 7.22. The van der Waals surface area contributed by atoms with E-state index in [0.29, 0.717) is 0 Å². The normalized spacial score (nSPS) is 21.3. The maximum Gasteiger partial charge on any atom is 0.261 e. The van der Waals surface area contributed by atoms with Crippen LogP contribution in [0.2, 0.25) is 5.04 Å². The van der Waals surface area contributed by atoms with Crippen LogP contribution in [0.5, 0.6) is 0 Å². The van der Waals surface area contributed by atoms with E-state index in [4.69, 9.17) is 4.43 Å². The first kappa shape index (κ1) is 19.1. The Labute approximate surface area is 159 Å². The van der Waals surface area contributed by atoms with Crippen LogP contribution < -0.4 is 15.7 Å². The lowest BCUT2D eigenvalue weighted by molar-refractivity contribution is 0.128. The summed E-state index contributed by atoms with van der Waals surface area (Å²) in [7, 11) is -2.48. The molecule has 138 valence electrons. The lowest BCUT2D eigenvalue weighted by Gasteiger charge is -2.47. The second-order valence-corrected chi connectivity index (χ2v) is 12.4. The highest BCUT2D eigenvalue weighted by atomic mass is 28.4. The minimum atomic E-state index is -2.48. The molecule has 3 rings (SSSR count). The SMILES string of the molecule is C=C[C@H]1NCCC[C@@H]1O[Si](c1ccccc1)(c1ccccc1)C(C)(C)C. The molecule has 3 heteroatoms. The van der Waals surface area contributed by atoms with E-state index in [1.54, 1.807) is 0 Å². The molecule has 0 bridgehead atoms. The number of hydrogen-bond donors (Lipinski definition) is 1. The van der Waals surface area contributed by atoms with Crippen LogP contribution in [-0.4, -0.2) is 27.0 Å². The Morgan fingerprint density at radius 3 is 2.00 bits per heavy atom. The van der Waals surface area contributed by atoms with Gasteiger partial charge in [-0.15, -0.1) is 6.58 Å². The van der Waals surface area contributed by atoms with Crippen LogP contribution >= 0.6 is 0 Å². The van der Waals surface area contributed by atoms with Crippen molar-refractivity contribution in [2.75, 3.05) is 6.54 Å². The van der Waals surface area contributed by atoms with Crippen LogP contribution in [0.4, 0.5) is 0 Å². The molecule has 0 unspecified atom stereocenters. The maximum atomic E-state index is 7.22. The minimum Gasteiger partial charge on any atom is -0.403 e. The molecule has 0 aliphatic carbocycles. The Morgan fingerprint density at radius 1 is 1.00 bits per heavy atom. The van der Waals surface area contributed by atoms with Crippen LogP contribution in [0.25, 0.3) is 0 Å². The molecule has 2 nitrogen and oxygen atoms in total. The monoisotopic (exact) mass is 365 g/mol. The number of nitrogens with one attached hydrogen (secondary N) is 1. The molecule has 1 aliphatic rings. The molecule has 2 aromatic carbocycles. The molecular weight excluding hydrogens is 334 g/mol. The molecule has 1 fully saturated rings. The van der Waals surface area contributed by atoms with Crippen molar-refractivity contribution in [1.29, 1.82) is 0 Å². The number of piperidine rings is 1. The lowest BCUT2D eigenvalue weighted by Crippen LogP contribution is -2.69. The molecule has 0 aromatic heterocycles. The van der Waals surface area contributed by atoms with E-state index in [1.165, 1.54) is 10.4 Å². The molecule has 1 heterocycles. The van der Waals surface area contributed by atoms with Crippen LogP contribution in [-0.2, 0) is 4.43 Å². The predicted molar refractivity (Wildman–Crippen MR) is 114 cm³/mol. The average molecular weight is 366 g/mol. The van der Waals surface area contributed by atoms with E-state index in [1.807, 2.05) is 6.08 Å². The summed E-state index contributed by atoms with van der Waals surface area (Å²) in [5, 5.41) is 6.27. The fourth-order valence-corrected chi connectivity index (χ4v) is 8.90.